The second kappa shape index (κ2) is 11.9. The van der Waals surface area contributed by atoms with Crippen LogP contribution in [0.3, 0.4) is 0 Å². The Morgan fingerprint density at radius 3 is 1.61 bits per heavy atom. The van der Waals surface area contributed by atoms with Crippen molar-refractivity contribution in [3.05, 3.63) is 0 Å². The van der Waals surface area contributed by atoms with Crippen LogP contribution < -0.4 is 0 Å². The molecule has 0 spiro atoms. The second-order valence-electron chi connectivity index (χ2n) is 5.14. The van der Waals surface area contributed by atoms with Crippen molar-refractivity contribution < 1.29 is 2.82 Å². The molecule has 0 bridgehead atoms. The third-order valence-corrected chi connectivity index (χ3v) is 50.7. The second-order valence-corrected chi connectivity index (χ2v) is 34.5. The van der Waals surface area contributed by atoms with E-state index in [1.807, 2.05) is 0 Å². The molecule has 0 N–H and O–H groups in total. The first kappa shape index (κ1) is 18.4. The summed E-state index contributed by atoms with van der Waals surface area (Å²) in [4.78, 5) is 0. The van der Waals surface area contributed by atoms with Gasteiger partial charge in [0.15, 0.2) is 0 Å². The summed E-state index contributed by atoms with van der Waals surface area (Å²) < 4.78 is 19.0. The minimum atomic E-state index is -1.76. The van der Waals surface area contributed by atoms with Gasteiger partial charge in [-0.3, -0.25) is 0 Å². The number of rotatable bonds is 9. The average Bonchev–Trinajstić information content (AvgIpc) is 2.40. The summed E-state index contributed by atoms with van der Waals surface area (Å²) in [7, 11) is 0. The van der Waals surface area contributed by atoms with Crippen LogP contribution >= 0.6 is 0 Å². The third-order valence-electron chi connectivity index (χ3n) is 3.26. The van der Waals surface area contributed by atoms with E-state index in [4.69, 9.17) is 2.82 Å². The maximum absolute atomic E-state index is 6.52. The Bertz CT molecular complexity index is 165. The van der Waals surface area contributed by atoms with Gasteiger partial charge in [-0.2, -0.15) is 0 Å². The zero-order valence-corrected chi connectivity index (χ0v) is 20.9. The van der Waals surface area contributed by atoms with Crippen molar-refractivity contribution in [1.29, 1.82) is 0 Å². The quantitative estimate of drug-likeness (QED) is 0.380. The first-order valence-electron chi connectivity index (χ1n) is 7.71. The monoisotopic (exact) mass is 577 g/mol. The summed E-state index contributed by atoms with van der Waals surface area (Å²) in [6.07, 6.45) is 8.26. The van der Waals surface area contributed by atoms with Gasteiger partial charge in [0.05, 0.1) is 0 Å². The van der Waals surface area contributed by atoms with Gasteiger partial charge in [-0.05, 0) is 0 Å². The molecule has 1 aliphatic rings. The average molecular weight is 574 g/mol. The van der Waals surface area contributed by atoms with E-state index < -0.39 is 60.9 Å². The number of hydrogen-bond acceptors (Lipinski definition) is 2. The van der Waals surface area contributed by atoms with Crippen LogP contribution in [0.25, 0.3) is 0 Å². The van der Waals surface area contributed by atoms with Gasteiger partial charge >= 0.3 is 139 Å². The van der Waals surface area contributed by atoms with Crippen molar-refractivity contribution in [3.63, 3.8) is 0 Å². The first-order valence-corrected chi connectivity index (χ1v) is 22.5. The molecule has 0 saturated carbocycles. The van der Waals surface area contributed by atoms with Crippen molar-refractivity contribution in [2.75, 3.05) is 0 Å². The summed E-state index contributed by atoms with van der Waals surface area (Å²) in [5, 5.41) is 0. The van der Waals surface area contributed by atoms with E-state index in [1.54, 1.807) is 2.45 Å². The molecule has 0 aromatic heterocycles. The van der Waals surface area contributed by atoms with E-state index in [0.717, 1.165) is 0 Å². The molecule has 2 nitrogen and oxygen atoms in total. The van der Waals surface area contributed by atoms with Crippen LogP contribution in [0.2, 0.25) is 15.8 Å². The van der Waals surface area contributed by atoms with Crippen LogP contribution in [0.5, 0.6) is 0 Å². The van der Waals surface area contributed by atoms with Gasteiger partial charge in [0.25, 0.3) is 0 Å². The molecule has 105 valence electrons. The van der Waals surface area contributed by atoms with Crippen LogP contribution in [0.4, 0.5) is 0 Å². The summed E-state index contributed by atoms with van der Waals surface area (Å²) >= 11 is -4.53. The molecule has 0 aromatic carbocycles. The summed E-state index contributed by atoms with van der Waals surface area (Å²) in [5.74, 6) is 0. The van der Waals surface area contributed by atoms with Crippen LogP contribution in [0, 0.1) is 0 Å². The molecule has 1 heterocycles. The Kier molecular flexibility index (Phi) is 12.2. The van der Waals surface area contributed by atoms with Crippen LogP contribution in [0.1, 0.15) is 59.3 Å². The molecule has 0 unspecified atom stereocenters. The summed E-state index contributed by atoms with van der Waals surface area (Å²) in [6.45, 7) is 6.92. The molecule has 3 radical (unpaired) electrons. The molecule has 18 heavy (non-hydrogen) atoms. The molecular weight excluding hydrogens is 544 g/mol. The fourth-order valence-corrected chi connectivity index (χ4v) is 76.8. The Morgan fingerprint density at radius 2 is 1.17 bits per heavy atom. The third kappa shape index (κ3) is 7.93. The fourth-order valence-electron chi connectivity index (χ4n) is 2.08. The zero-order valence-electron chi connectivity index (χ0n) is 12.4. The molecule has 0 aromatic rings. The maximum atomic E-state index is 6.52. The van der Waals surface area contributed by atoms with Gasteiger partial charge in [0.1, 0.15) is 0 Å². The van der Waals surface area contributed by atoms with Crippen molar-refractivity contribution in [3.8, 4) is 0 Å². The van der Waals surface area contributed by atoms with E-state index in [0.29, 0.717) is 0 Å². The molecule has 5 heteroatoms. The Balaban J connectivity index is 2.38. The predicted molar refractivity (Wildman–Crippen MR) is 83.4 cm³/mol. The normalized spacial score (nSPS) is 19.5. The van der Waals surface area contributed by atoms with Crippen molar-refractivity contribution >= 4 is 60.9 Å². The molecule has 0 atom stereocenters. The topological polar surface area (TPSA) is 18.5 Å². The summed E-state index contributed by atoms with van der Waals surface area (Å²) in [6, 6.07) is 0. The van der Waals surface area contributed by atoms with Crippen molar-refractivity contribution in [1.82, 2.24) is 0 Å². The SMILES string of the molecule is CCC[CH2][Sn]1[CH2][Sn]([CH2]CCC)[O][Sn]([CH2]CCC)[O]1. The predicted octanol–water partition coefficient (Wildman–Crippen LogP) is 4.44. The molecule has 1 fully saturated rings. The van der Waals surface area contributed by atoms with Gasteiger partial charge in [0, 0.05) is 0 Å². The van der Waals surface area contributed by atoms with Crippen LogP contribution in [0.15, 0.2) is 0 Å². The standard InChI is InChI=1S/3C4H9.CH2.2O.3Sn/c3*1-3-4-2;;;;;;/h3*1,3-4H2,2H3;1H2;;;;;. The van der Waals surface area contributed by atoms with Crippen molar-refractivity contribution in [2.45, 2.75) is 75.1 Å². The van der Waals surface area contributed by atoms with E-state index in [-0.39, 0.29) is 0 Å². The Labute approximate surface area is 137 Å². The molecule has 0 amide bonds. The van der Waals surface area contributed by atoms with E-state index in [9.17, 15) is 0 Å². The van der Waals surface area contributed by atoms with Gasteiger partial charge < -0.3 is 0 Å². The van der Waals surface area contributed by atoms with Gasteiger partial charge in [-0.1, -0.05) is 0 Å². The molecule has 1 saturated heterocycles. The first-order chi connectivity index (χ1) is 8.80. The number of unbranched alkanes of at least 4 members (excludes halogenated alkanes) is 3. The Morgan fingerprint density at radius 1 is 0.722 bits per heavy atom. The minimum absolute atomic E-state index is 1.32. The van der Waals surface area contributed by atoms with Crippen LogP contribution in [-0.4, -0.2) is 60.9 Å². The van der Waals surface area contributed by atoms with E-state index in [1.165, 1.54) is 51.8 Å². The Hall–Kier alpha value is 2.32. The van der Waals surface area contributed by atoms with Crippen LogP contribution in [-0.2, 0) is 2.82 Å². The fraction of sp³-hybridized carbons (Fsp3) is 1.00. The molecule has 1 rings (SSSR count). The number of hydrogen-bond donors (Lipinski definition) is 0. The molecular formula is C13H29O2Sn3. The van der Waals surface area contributed by atoms with E-state index in [2.05, 4.69) is 20.8 Å². The zero-order chi connectivity index (χ0) is 13.2. The van der Waals surface area contributed by atoms with Crippen molar-refractivity contribution in [2.24, 2.45) is 0 Å². The molecule has 1 aliphatic heterocycles. The summed E-state index contributed by atoms with van der Waals surface area (Å²) in [5.41, 5.74) is 0. The van der Waals surface area contributed by atoms with Gasteiger partial charge in [-0.25, -0.2) is 0 Å². The molecule has 0 aliphatic carbocycles. The van der Waals surface area contributed by atoms with E-state index >= 15 is 0 Å². The van der Waals surface area contributed by atoms with Gasteiger partial charge in [0.2, 0.25) is 0 Å². The van der Waals surface area contributed by atoms with Gasteiger partial charge in [-0.15, -0.1) is 0 Å².